The Hall–Kier alpha value is -1.51. The third kappa shape index (κ3) is 2.43. The molecule has 0 heterocycles. The van der Waals surface area contributed by atoms with Crippen LogP contribution in [0.3, 0.4) is 0 Å². The van der Waals surface area contributed by atoms with Gasteiger partial charge in [0.05, 0.1) is 5.71 Å². The zero-order valence-electron chi connectivity index (χ0n) is 10.5. The number of rotatable bonds is 1. The van der Waals surface area contributed by atoms with Gasteiger partial charge in [-0.05, 0) is 68.2 Å². The summed E-state index contributed by atoms with van der Waals surface area (Å²) in [6.45, 7) is 4.18. The summed E-state index contributed by atoms with van der Waals surface area (Å²) in [6.07, 6.45) is 3.96. The van der Waals surface area contributed by atoms with Gasteiger partial charge in [-0.3, -0.25) is 0 Å². The summed E-state index contributed by atoms with van der Waals surface area (Å²) in [4.78, 5) is 0. The molecule has 0 saturated heterocycles. The molecule has 0 aliphatic heterocycles. The predicted molar refractivity (Wildman–Crippen MR) is 70.8 cm³/mol. The molecular weight excluding hydrogens is 212 g/mol. The highest BCUT2D eigenvalue weighted by molar-refractivity contribution is 5.84. The lowest BCUT2D eigenvalue weighted by atomic mass is 9.81. The van der Waals surface area contributed by atoms with Gasteiger partial charge in [0.1, 0.15) is 0 Å². The van der Waals surface area contributed by atoms with Gasteiger partial charge in [-0.25, -0.2) is 0 Å². The highest BCUT2D eigenvalue weighted by Crippen LogP contribution is 2.34. The topological polar surface area (TPSA) is 58.6 Å². The van der Waals surface area contributed by atoms with Gasteiger partial charge in [-0.15, -0.1) is 0 Å². The van der Waals surface area contributed by atoms with Crippen LogP contribution in [0.15, 0.2) is 17.3 Å². The minimum Gasteiger partial charge on any atom is -0.411 e. The Labute approximate surface area is 102 Å². The minimum absolute atomic E-state index is 0.583. The molecule has 3 nitrogen and oxygen atoms in total. The molecule has 0 spiro atoms. The molecule has 0 bridgehead atoms. The Kier molecular flexibility index (Phi) is 3.36. The van der Waals surface area contributed by atoms with Crippen LogP contribution in [0.2, 0.25) is 0 Å². The van der Waals surface area contributed by atoms with Crippen molar-refractivity contribution in [2.24, 2.45) is 5.16 Å². The number of hydrogen-bond donors (Lipinski definition) is 2. The van der Waals surface area contributed by atoms with Gasteiger partial charge in [0.15, 0.2) is 0 Å². The summed E-state index contributed by atoms with van der Waals surface area (Å²) in [5, 5.41) is 12.1. The third-order valence-corrected chi connectivity index (χ3v) is 3.80. The fourth-order valence-corrected chi connectivity index (χ4v) is 2.66. The second-order valence-corrected chi connectivity index (χ2v) is 5.01. The molecule has 17 heavy (non-hydrogen) atoms. The van der Waals surface area contributed by atoms with Crippen LogP contribution in [-0.4, -0.2) is 10.9 Å². The van der Waals surface area contributed by atoms with Gasteiger partial charge in [-0.2, -0.15) is 0 Å². The first-order valence-electron chi connectivity index (χ1n) is 6.18. The van der Waals surface area contributed by atoms with Crippen LogP contribution in [-0.2, 0) is 0 Å². The van der Waals surface area contributed by atoms with Crippen molar-refractivity contribution in [2.75, 3.05) is 5.73 Å². The van der Waals surface area contributed by atoms with Crippen LogP contribution in [0.1, 0.15) is 48.3 Å². The Morgan fingerprint density at radius 3 is 2.41 bits per heavy atom. The van der Waals surface area contributed by atoms with E-state index in [4.69, 9.17) is 10.9 Å². The summed E-state index contributed by atoms with van der Waals surface area (Å²) in [6, 6.07) is 4.29. The van der Waals surface area contributed by atoms with E-state index in [9.17, 15) is 0 Å². The highest BCUT2D eigenvalue weighted by atomic mass is 16.4. The molecule has 0 radical (unpaired) electrons. The van der Waals surface area contributed by atoms with Crippen molar-refractivity contribution in [3.63, 3.8) is 0 Å². The standard InChI is InChI=1S/C14H20N2O/c1-9-8-14(15)10(2)7-13(9)11-3-5-12(16-17)6-4-11/h7-8,11,17H,3-6,15H2,1-2H3. The van der Waals surface area contributed by atoms with E-state index in [1.807, 2.05) is 0 Å². The molecule has 1 aromatic rings. The predicted octanol–water partition coefficient (Wildman–Crippen LogP) is 3.37. The molecule has 3 heteroatoms. The van der Waals surface area contributed by atoms with Crippen molar-refractivity contribution >= 4 is 11.4 Å². The molecule has 0 amide bonds. The van der Waals surface area contributed by atoms with Crippen LogP contribution in [0.5, 0.6) is 0 Å². The van der Waals surface area contributed by atoms with E-state index < -0.39 is 0 Å². The van der Waals surface area contributed by atoms with Crippen LogP contribution in [0, 0.1) is 13.8 Å². The first kappa shape index (κ1) is 12.0. The van der Waals surface area contributed by atoms with E-state index in [1.54, 1.807) is 0 Å². The van der Waals surface area contributed by atoms with Gasteiger partial charge >= 0.3 is 0 Å². The summed E-state index contributed by atoms with van der Waals surface area (Å²) >= 11 is 0. The summed E-state index contributed by atoms with van der Waals surface area (Å²) in [5.41, 5.74) is 11.6. The van der Waals surface area contributed by atoms with Crippen molar-refractivity contribution in [3.8, 4) is 0 Å². The summed E-state index contributed by atoms with van der Waals surface area (Å²) in [7, 11) is 0. The van der Waals surface area contributed by atoms with Crippen LogP contribution >= 0.6 is 0 Å². The van der Waals surface area contributed by atoms with Crippen LogP contribution < -0.4 is 5.73 Å². The number of hydrogen-bond acceptors (Lipinski definition) is 3. The average molecular weight is 232 g/mol. The highest BCUT2D eigenvalue weighted by Gasteiger charge is 2.21. The fourth-order valence-electron chi connectivity index (χ4n) is 2.66. The van der Waals surface area contributed by atoms with Crippen molar-refractivity contribution in [1.82, 2.24) is 0 Å². The number of nitrogens with two attached hydrogens (primary N) is 1. The average Bonchev–Trinajstić information content (AvgIpc) is 2.34. The maximum absolute atomic E-state index is 8.75. The van der Waals surface area contributed by atoms with Gasteiger partial charge < -0.3 is 10.9 Å². The molecule has 1 saturated carbocycles. The maximum Gasteiger partial charge on any atom is 0.0571 e. The van der Waals surface area contributed by atoms with Crippen molar-refractivity contribution < 1.29 is 5.21 Å². The minimum atomic E-state index is 0.583. The van der Waals surface area contributed by atoms with E-state index in [-0.39, 0.29) is 0 Å². The Morgan fingerprint density at radius 1 is 1.18 bits per heavy atom. The van der Waals surface area contributed by atoms with Gasteiger partial charge in [-0.1, -0.05) is 11.2 Å². The molecule has 92 valence electrons. The van der Waals surface area contributed by atoms with Gasteiger partial charge in [0.25, 0.3) is 0 Å². The Bertz CT molecular complexity index is 442. The third-order valence-electron chi connectivity index (χ3n) is 3.80. The zero-order valence-corrected chi connectivity index (χ0v) is 10.5. The number of benzene rings is 1. The first-order chi connectivity index (χ1) is 8.11. The van der Waals surface area contributed by atoms with Crippen LogP contribution in [0.4, 0.5) is 5.69 Å². The first-order valence-corrected chi connectivity index (χ1v) is 6.18. The van der Waals surface area contributed by atoms with E-state index in [2.05, 4.69) is 31.1 Å². The van der Waals surface area contributed by atoms with E-state index >= 15 is 0 Å². The van der Waals surface area contributed by atoms with Gasteiger partial charge in [0, 0.05) is 5.69 Å². The van der Waals surface area contributed by atoms with Crippen molar-refractivity contribution in [2.45, 2.75) is 45.4 Å². The maximum atomic E-state index is 8.75. The molecule has 2 rings (SSSR count). The zero-order chi connectivity index (χ0) is 12.4. The molecule has 1 aliphatic carbocycles. The molecule has 1 aromatic carbocycles. The van der Waals surface area contributed by atoms with E-state index in [0.717, 1.165) is 42.6 Å². The molecule has 3 N–H and O–H groups in total. The van der Waals surface area contributed by atoms with E-state index in [0.29, 0.717) is 5.92 Å². The summed E-state index contributed by atoms with van der Waals surface area (Å²) in [5.74, 6) is 0.583. The van der Waals surface area contributed by atoms with Gasteiger partial charge in [0.2, 0.25) is 0 Å². The summed E-state index contributed by atoms with van der Waals surface area (Å²) < 4.78 is 0. The van der Waals surface area contributed by atoms with E-state index in [1.165, 1.54) is 11.1 Å². The quantitative estimate of drug-likeness (QED) is 0.443. The molecule has 0 atom stereocenters. The number of anilines is 1. The Morgan fingerprint density at radius 2 is 1.82 bits per heavy atom. The second kappa shape index (κ2) is 4.78. The number of nitrogen functional groups attached to an aromatic ring is 1. The molecule has 1 fully saturated rings. The molecule has 0 aromatic heterocycles. The molecule has 0 unspecified atom stereocenters. The van der Waals surface area contributed by atoms with Crippen molar-refractivity contribution in [3.05, 3.63) is 28.8 Å². The number of nitrogens with zero attached hydrogens (tertiary/aromatic N) is 1. The SMILES string of the molecule is Cc1cc(C2CCC(=NO)CC2)c(C)cc1N. The number of oxime groups is 1. The lowest BCUT2D eigenvalue weighted by molar-refractivity contribution is 0.313. The fraction of sp³-hybridized carbons (Fsp3) is 0.500. The Balaban J connectivity index is 2.21. The smallest absolute Gasteiger partial charge is 0.0571 e. The second-order valence-electron chi connectivity index (χ2n) is 5.01. The van der Waals surface area contributed by atoms with Crippen molar-refractivity contribution in [1.29, 1.82) is 0 Å². The lowest BCUT2D eigenvalue weighted by Crippen LogP contribution is -2.14. The molecule has 1 aliphatic rings. The lowest BCUT2D eigenvalue weighted by Gasteiger charge is -2.25. The van der Waals surface area contributed by atoms with Crippen LogP contribution in [0.25, 0.3) is 0 Å². The monoisotopic (exact) mass is 232 g/mol. The largest absolute Gasteiger partial charge is 0.411 e. The normalized spacial score (nSPS) is 20.4. The molecular formula is C14H20N2O. The number of aryl methyl sites for hydroxylation is 2.